The number of hydrogen-bond donors (Lipinski definition) is 1. The molecule has 0 aliphatic heterocycles. The van der Waals surface area contributed by atoms with Gasteiger partial charge in [-0.2, -0.15) is 0 Å². The molecule has 98 valence electrons. The van der Waals surface area contributed by atoms with Crippen molar-refractivity contribution in [2.24, 2.45) is 0 Å². The van der Waals surface area contributed by atoms with E-state index in [4.69, 9.17) is 0 Å². The third-order valence-corrected chi connectivity index (χ3v) is 3.04. The van der Waals surface area contributed by atoms with Crippen molar-refractivity contribution in [3.63, 3.8) is 0 Å². The Bertz CT molecular complexity index is 308. The van der Waals surface area contributed by atoms with Crippen LogP contribution in [-0.4, -0.2) is 27.6 Å². The third-order valence-electron chi connectivity index (χ3n) is 3.04. The summed E-state index contributed by atoms with van der Waals surface area (Å²) >= 11 is 0. The summed E-state index contributed by atoms with van der Waals surface area (Å²) in [6.45, 7) is 10.9. The van der Waals surface area contributed by atoms with Gasteiger partial charge in [0.2, 0.25) is 0 Å². The van der Waals surface area contributed by atoms with Crippen LogP contribution in [0.25, 0.3) is 0 Å². The number of aromatic nitrogens is 3. The quantitative estimate of drug-likeness (QED) is 0.757. The summed E-state index contributed by atoms with van der Waals surface area (Å²) in [4.78, 5) is 0. The molecule has 0 spiro atoms. The minimum absolute atomic E-state index is 0.510. The molecule has 2 unspecified atom stereocenters. The fourth-order valence-electron chi connectivity index (χ4n) is 2.16. The fraction of sp³-hybridized carbons (Fsp3) is 0.846. The van der Waals surface area contributed by atoms with Gasteiger partial charge >= 0.3 is 0 Å². The zero-order chi connectivity index (χ0) is 12.7. The molecule has 1 aromatic rings. The number of aryl methyl sites for hydroxylation is 1. The molecule has 17 heavy (non-hydrogen) atoms. The lowest BCUT2D eigenvalue weighted by atomic mass is 9.99. The van der Waals surface area contributed by atoms with Crippen molar-refractivity contribution in [2.75, 3.05) is 6.54 Å². The molecule has 0 aromatic carbocycles. The van der Waals surface area contributed by atoms with Crippen LogP contribution in [-0.2, 0) is 6.54 Å². The summed E-state index contributed by atoms with van der Waals surface area (Å²) in [5.74, 6) is 0.510. The second-order valence-electron chi connectivity index (χ2n) is 4.87. The summed E-state index contributed by atoms with van der Waals surface area (Å²) in [6, 6.07) is 0.551. The largest absolute Gasteiger partial charge is 0.314 e. The van der Waals surface area contributed by atoms with E-state index in [9.17, 15) is 0 Å². The first kappa shape index (κ1) is 14.2. The Labute approximate surface area is 105 Å². The molecule has 0 amide bonds. The average Bonchev–Trinajstić information content (AvgIpc) is 2.75. The van der Waals surface area contributed by atoms with Gasteiger partial charge in [0.1, 0.15) is 0 Å². The zero-order valence-electron chi connectivity index (χ0n) is 11.6. The second-order valence-corrected chi connectivity index (χ2v) is 4.87. The summed E-state index contributed by atoms with van der Waals surface area (Å²) in [5, 5.41) is 11.7. The first-order valence-corrected chi connectivity index (χ1v) is 6.80. The molecular weight excluding hydrogens is 212 g/mol. The van der Waals surface area contributed by atoms with Gasteiger partial charge in [0.05, 0.1) is 11.9 Å². The highest BCUT2D eigenvalue weighted by Crippen LogP contribution is 2.19. The molecule has 0 radical (unpaired) electrons. The Balaban J connectivity index is 2.50. The van der Waals surface area contributed by atoms with Crippen LogP contribution < -0.4 is 5.32 Å². The molecule has 0 saturated heterocycles. The molecular formula is C13H26N4. The van der Waals surface area contributed by atoms with Crippen LogP contribution >= 0.6 is 0 Å². The molecule has 1 aromatic heterocycles. The van der Waals surface area contributed by atoms with E-state index in [0.717, 1.165) is 25.9 Å². The lowest BCUT2D eigenvalue weighted by Gasteiger charge is -2.18. The van der Waals surface area contributed by atoms with Crippen LogP contribution in [0.5, 0.6) is 0 Å². The van der Waals surface area contributed by atoms with Gasteiger partial charge in [-0.25, -0.2) is 4.68 Å². The number of nitrogens with zero attached hydrogens (tertiary/aromatic N) is 3. The van der Waals surface area contributed by atoms with Crippen molar-refractivity contribution in [1.82, 2.24) is 20.3 Å². The Hall–Kier alpha value is -0.900. The molecule has 0 saturated carbocycles. The van der Waals surface area contributed by atoms with Gasteiger partial charge in [-0.05, 0) is 32.7 Å². The first-order chi connectivity index (χ1) is 8.19. The molecule has 0 aliphatic rings. The van der Waals surface area contributed by atoms with E-state index in [1.807, 2.05) is 10.9 Å². The molecule has 0 fully saturated rings. The summed E-state index contributed by atoms with van der Waals surface area (Å²) in [5.41, 5.74) is 1.26. The number of hydrogen-bond acceptors (Lipinski definition) is 3. The van der Waals surface area contributed by atoms with E-state index in [-0.39, 0.29) is 0 Å². The van der Waals surface area contributed by atoms with Gasteiger partial charge in [-0.3, -0.25) is 0 Å². The van der Waals surface area contributed by atoms with Crippen LogP contribution in [0.4, 0.5) is 0 Å². The van der Waals surface area contributed by atoms with E-state index in [0.29, 0.717) is 12.0 Å². The monoisotopic (exact) mass is 238 g/mol. The Kier molecular flexibility index (Phi) is 6.19. The molecule has 1 N–H and O–H groups in total. The summed E-state index contributed by atoms with van der Waals surface area (Å²) < 4.78 is 2.04. The Morgan fingerprint density at radius 3 is 2.71 bits per heavy atom. The topological polar surface area (TPSA) is 42.7 Å². The minimum Gasteiger partial charge on any atom is -0.314 e. The smallest absolute Gasteiger partial charge is 0.0727 e. The van der Waals surface area contributed by atoms with E-state index < -0.39 is 0 Å². The van der Waals surface area contributed by atoms with E-state index >= 15 is 0 Å². The maximum atomic E-state index is 4.14. The SMILES string of the molecule is CCCNC(C)CC(C)c1cnnn1CCC. The molecule has 0 bridgehead atoms. The van der Waals surface area contributed by atoms with Gasteiger partial charge in [0, 0.05) is 18.5 Å². The van der Waals surface area contributed by atoms with Crippen LogP contribution in [0.2, 0.25) is 0 Å². The maximum absolute atomic E-state index is 4.14. The molecule has 2 atom stereocenters. The summed E-state index contributed by atoms with van der Waals surface area (Å²) in [7, 11) is 0. The second kappa shape index (κ2) is 7.43. The zero-order valence-corrected chi connectivity index (χ0v) is 11.6. The molecule has 4 nitrogen and oxygen atoms in total. The number of nitrogens with one attached hydrogen (secondary N) is 1. The van der Waals surface area contributed by atoms with Gasteiger partial charge in [-0.1, -0.05) is 26.0 Å². The van der Waals surface area contributed by atoms with Crippen LogP contribution in [0.3, 0.4) is 0 Å². The van der Waals surface area contributed by atoms with Gasteiger partial charge in [0.15, 0.2) is 0 Å². The third kappa shape index (κ3) is 4.46. The number of rotatable bonds is 8. The molecule has 1 rings (SSSR count). The predicted molar refractivity (Wildman–Crippen MR) is 71.1 cm³/mol. The average molecular weight is 238 g/mol. The highest BCUT2D eigenvalue weighted by atomic mass is 15.4. The van der Waals surface area contributed by atoms with Crippen LogP contribution in [0.15, 0.2) is 6.20 Å². The lowest BCUT2D eigenvalue weighted by Crippen LogP contribution is -2.28. The van der Waals surface area contributed by atoms with Gasteiger partial charge in [-0.15, -0.1) is 5.10 Å². The minimum atomic E-state index is 0.510. The lowest BCUT2D eigenvalue weighted by molar-refractivity contribution is 0.453. The van der Waals surface area contributed by atoms with Crippen molar-refractivity contribution in [3.8, 4) is 0 Å². The predicted octanol–water partition coefficient (Wildman–Crippen LogP) is 2.57. The highest BCUT2D eigenvalue weighted by Gasteiger charge is 2.14. The van der Waals surface area contributed by atoms with Crippen molar-refractivity contribution < 1.29 is 0 Å². The van der Waals surface area contributed by atoms with E-state index in [1.165, 1.54) is 12.1 Å². The van der Waals surface area contributed by atoms with Crippen LogP contribution in [0.1, 0.15) is 58.6 Å². The molecule has 0 aliphatic carbocycles. The Morgan fingerprint density at radius 2 is 2.06 bits per heavy atom. The highest BCUT2D eigenvalue weighted by molar-refractivity contribution is 5.02. The van der Waals surface area contributed by atoms with E-state index in [2.05, 4.69) is 43.3 Å². The normalized spacial score (nSPS) is 14.8. The molecule has 4 heteroatoms. The van der Waals surface area contributed by atoms with Crippen molar-refractivity contribution in [2.45, 2.75) is 65.5 Å². The summed E-state index contributed by atoms with van der Waals surface area (Å²) in [6.07, 6.45) is 5.34. The standard InChI is InChI=1S/C13H26N4/c1-5-7-14-12(4)9-11(3)13-10-15-16-17(13)8-6-2/h10-12,14H,5-9H2,1-4H3. The van der Waals surface area contributed by atoms with Crippen molar-refractivity contribution in [1.29, 1.82) is 0 Å². The molecule has 1 heterocycles. The first-order valence-electron chi connectivity index (χ1n) is 6.80. The van der Waals surface area contributed by atoms with Crippen molar-refractivity contribution >= 4 is 0 Å². The van der Waals surface area contributed by atoms with Gasteiger partial charge in [0.25, 0.3) is 0 Å². The fourth-order valence-corrected chi connectivity index (χ4v) is 2.16. The van der Waals surface area contributed by atoms with Gasteiger partial charge < -0.3 is 5.32 Å². The van der Waals surface area contributed by atoms with E-state index in [1.54, 1.807) is 0 Å². The van der Waals surface area contributed by atoms with Crippen LogP contribution in [0, 0.1) is 0 Å². The van der Waals surface area contributed by atoms with Crippen molar-refractivity contribution in [3.05, 3.63) is 11.9 Å². The Morgan fingerprint density at radius 1 is 1.29 bits per heavy atom. The maximum Gasteiger partial charge on any atom is 0.0727 e.